The maximum atomic E-state index is 14.0. The number of primary amides is 1. The molecule has 250 valence electrons. The normalized spacial score (nSPS) is 20.6. The van der Waals surface area contributed by atoms with Crippen LogP contribution in [0.3, 0.4) is 0 Å². The van der Waals surface area contributed by atoms with Crippen LogP contribution in [0.5, 0.6) is 0 Å². The highest BCUT2D eigenvalue weighted by atomic mass is 16.2. The summed E-state index contributed by atoms with van der Waals surface area (Å²) in [5.74, 6) is -2.42. The molecule has 2 saturated carbocycles. The molecule has 10 nitrogen and oxygen atoms in total. The number of nitrogens with zero attached hydrogens (tertiary/aromatic N) is 1. The molecule has 1 aliphatic heterocycles. The maximum absolute atomic E-state index is 14.0. The summed E-state index contributed by atoms with van der Waals surface area (Å²) in [5.41, 5.74) is 5.37. The first-order valence-corrected chi connectivity index (χ1v) is 16.9. The first-order valence-electron chi connectivity index (χ1n) is 16.9. The molecule has 5 amide bonds. The Bertz CT molecular complexity index is 1170. The Labute approximate surface area is 269 Å². The van der Waals surface area contributed by atoms with Crippen LogP contribution >= 0.6 is 0 Å². The maximum Gasteiger partial charge on any atom is 0.315 e. The first kappa shape index (κ1) is 36.0. The van der Waals surface area contributed by atoms with Gasteiger partial charge >= 0.3 is 6.03 Å². The van der Waals surface area contributed by atoms with E-state index in [0.717, 1.165) is 56.9 Å². The molecule has 3 aliphatic rings. The lowest BCUT2D eigenvalue weighted by molar-refractivity contribution is -0.143. The van der Waals surface area contributed by atoms with Gasteiger partial charge in [-0.15, -0.1) is 0 Å². The van der Waals surface area contributed by atoms with Gasteiger partial charge in [-0.3, -0.25) is 19.2 Å². The van der Waals surface area contributed by atoms with Crippen LogP contribution in [-0.2, 0) is 25.6 Å². The largest absolute Gasteiger partial charge is 0.363 e. The summed E-state index contributed by atoms with van der Waals surface area (Å²) in [6.45, 7) is 10.3. The van der Waals surface area contributed by atoms with Crippen LogP contribution in [0.1, 0.15) is 111 Å². The number of hydrogen-bond acceptors (Lipinski definition) is 5. The van der Waals surface area contributed by atoms with Crippen LogP contribution in [0.25, 0.3) is 0 Å². The molecule has 1 aromatic rings. The number of nitrogens with one attached hydrogen (secondary N) is 3. The van der Waals surface area contributed by atoms with Gasteiger partial charge in [-0.1, -0.05) is 103 Å². The highest BCUT2D eigenvalue weighted by Crippen LogP contribution is 2.34. The van der Waals surface area contributed by atoms with E-state index in [-0.39, 0.29) is 11.8 Å². The zero-order chi connectivity index (χ0) is 33.2. The lowest BCUT2D eigenvalue weighted by Crippen LogP contribution is -2.62. The van der Waals surface area contributed by atoms with Gasteiger partial charge in [0, 0.05) is 12.1 Å². The highest BCUT2D eigenvalue weighted by Gasteiger charge is 2.44. The van der Waals surface area contributed by atoms with Gasteiger partial charge < -0.3 is 26.6 Å². The van der Waals surface area contributed by atoms with Crippen molar-refractivity contribution in [2.45, 2.75) is 135 Å². The highest BCUT2D eigenvalue weighted by molar-refractivity contribution is 6.37. The van der Waals surface area contributed by atoms with Crippen LogP contribution in [0.4, 0.5) is 4.79 Å². The Morgan fingerprint density at radius 1 is 0.933 bits per heavy atom. The van der Waals surface area contributed by atoms with E-state index >= 15 is 0 Å². The zero-order valence-corrected chi connectivity index (χ0v) is 28.0. The lowest BCUT2D eigenvalue weighted by Gasteiger charge is -2.40. The molecule has 5 N–H and O–H groups in total. The van der Waals surface area contributed by atoms with Crippen molar-refractivity contribution < 1.29 is 24.0 Å². The van der Waals surface area contributed by atoms with Crippen LogP contribution in [0.15, 0.2) is 30.3 Å². The molecular formula is C35H55N5O5. The van der Waals surface area contributed by atoms with Crippen molar-refractivity contribution >= 4 is 29.5 Å². The topological polar surface area (TPSA) is 151 Å². The fourth-order valence-electron chi connectivity index (χ4n) is 6.44. The SMILES string of the molecule is CC(C)(C)C(NC(=O)NC1(Cc2ccccc2)CCCCC1)C(=O)N1CCCC1C(=O)NC(CC1CC1)C(=O)C(N)=O.CCC. The molecule has 1 saturated heterocycles. The van der Waals surface area contributed by atoms with Crippen molar-refractivity contribution in [1.29, 1.82) is 0 Å². The standard InChI is InChI=1S/C32H47N5O5.C3H8/c1-31(2,3)26(35-30(42)36-32(16-8-5-9-17-32)20-22-11-6-4-7-12-22)29(41)37-18-10-13-24(37)28(40)34-23(19-21-14-15-21)25(38)27(33)39;1-3-2/h4,6-7,11-12,21,23-24,26H,5,8-10,13-20H2,1-3H3,(H2,33,39)(H,34,40)(H2,35,36,42);3H2,1-2H3. The third-order valence-electron chi connectivity index (χ3n) is 8.94. The van der Waals surface area contributed by atoms with Crippen molar-refractivity contribution in [3.63, 3.8) is 0 Å². The Morgan fingerprint density at radius 3 is 2.11 bits per heavy atom. The summed E-state index contributed by atoms with van der Waals surface area (Å²) < 4.78 is 0. The lowest BCUT2D eigenvalue weighted by atomic mass is 9.77. The molecule has 1 heterocycles. The molecule has 45 heavy (non-hydrogen) atoms. The van der Waals surface area contributed by atoms with Gasteiger partial charge in [-0.05, 0) is 55.4 Å². The fourth-order valence-corrected chi connectivity index (χ4v) is 6.44. The number of amides is 5. The number of urea groups is 1. The number of benzene rings is 1. The predicted octanol–water partition coefficient (Wildman–Crippen LogP) is 4.39. The summed E-state index contributed by atoms with van der Waals surface area (Å²) in [7, 11) is 0. The Balaban J connectivity index is 0.00000177. The average Bonchev–Trinajstić information content (AvgIpc) is 3.66. The second-order valence-corrected chi connectivity index (χ2v) is 14.3. The summed E-state index contributed by atoms with van der Waals surface area (Å²) in [6.07, 6.45) is 10.2. The van der Waals surface area contributed by atoms with E-state index in [1.165, 1.54) is 11.3 Å². The monoisotopic (exact) mass is 625 g/mol. The second-order valence-electron chi connectivity index (χ2n) is 14.3. The summed E-state index contributed by atoms with van der Waals surface area (Å²) in [6, 6.07) is 7.07. The number of carbonyl (C=O) groups excluding carboxylic acids is 5. The third kappa shape index (κ3) is 10.6. The molecule has 10 heteroatoms. The minimum atomic E-state index is -1.08. The van der Waals surface area contributed by atoms with Crippen LogP contribution in [0, 0.1) is 11.3 Å². The minimum Gasteiger partial charge on any atom is -0.363 e. The number of likely N-dealkylation sites (tertiary alicyclic amines) is 1. The Morgan fingerprint density at radius 2 is 1.56 bits per heavy atom. The van der Waals surface area contributed by atoms with Gasteiger partial charge in [0.25, 0.3) is 5.91 Å². The predicted molar refractivity (Wildman–Crippen MR) is 175 cm³/mol. The molecule has 3 atom stereocenters. The number of carbonyl (C=O) groups is 5. The van der Waals surface area contributed by atoms with Gasteiger partial charge in [-0.2, -0.15) is 0 Å². The number of ketones is 1. The van der Waals surface area contributed by atoms with E-state index in [2.05, 4.69) is 41.9 Å². The van der Waals surface area contributed by atoms with Crippen LogP contribution < -0.4 is 21.7 Å². The third-order valence-corrected chi connectivity index (χ3v) is 8.94. The van der Waals surface area contributed by atoms with Crippen LogP contribution in [-0.4, -0.2) is 64.6 Å². The zero-order valence-electron chi connectivity index (χ0n) is 28.0. The molecule has 3 unspecified atom stereocenters. The molecule has 0 radical (unpaired) electrons. The van der Waals surface area contributed by atoms with Gasteiger partial charge in [0.2, 0.25) is 17.6 Å². The minimum absolute atomic E-state index is 0.280. The number of Topliss-reactive ketones (excluding diaryl/α,β-unsaturated/α-hetero) is 1. The molecular weight excluding hydrogens is 570 g/mol. The van der Waals surface area contributed by atoms with E-state index in [4.69, 9.17) is 5.73 Å². The summed E-state index contributed by atoms with van der Waals surface area (Å²) in [5, 5.41) is 8.94. The summed E-state index contributed by atoms with van der Waals surface area (Å²) >= 11 is 0. The van der Waals surface area contributed by atoms with Crippen molar-refractivity contribution in [2.75, 3.05) is 6.54 Å². The summed E-state index contributed by atoms with van der Waals surface area (Å²) in [4.78, 5) is 66.4. The quantitative estimate of drug-likeness (QED) is 0.269. The van der Waals surface area contributed by atoms with E-state index in [0.29, 0.717) is 25.8 Å². The molecule has 0 aromatic heterocycles. The van der Waals surface area contributed by atoms with E-state index in [9.17, 15) is 24.0 Å². The first-order chi connectivity index (χ1) is 21.3. The van der Waals surface area contributed by atoms with E-state index in [1.54, 1.807) is 0 Å². The molecule has 0 spiro atoms. The van der Waals surface area contributed by atoms with Crippen molar-refractivity contribution in [3.05, 3.63) is 35.9 Å². The van der Waals surface area contributed by atoms with Crippen molar-refractivity contribution in [1.82, 2.24) is 20.9 Å². The number of nitrogens with two attached hydrogens (primary N) is 1. The van der Waals surface area contributed by atoms with E-state index in [1.807, 2.05) is 39.0 Å². The van der Waals surface area contributed by atoms with E-state index < -0.39 is 52.7 Å². The number of rotatable bonds is 11. The van der Waals surface area contributed by atoms with Crippen molar-refractivity contribution in [2.24, 2.45) is 17.1 Å². The van der Waals surface area contributed by atoms with Gasteiger partial charge in [0.15, 0.2) is 0 Å². The molecule has 1 aromatic carbocycles. The smallest absolute Gasteiger partial charge is 0.315 e. The molecule has 4 rings (SSSR count). The average molecular weight is 626 g/mol. The Hall–Kier alpha value is -3.43. The molecule has 2 aliphatic carbocycles. The number of hydrogen-bond donors (Lipinski definition) is 4. The van der Waals surface area contributed by atoms with Gasteiger partial charge in [0.1, 0.15) is 12.1 Å². The Kier molecular flexibility index (Phi) is 13.0. The van der Waals surface area contributed by atoms with Crippen molar-refractivity contribution in [3.8, 4) is 0 Å². The molecule has 0 bridgehead atoms. The van der Waals surface area contributed by atoms with Gasteiger partial charge in [-0.25, -0.2) is 4.79 Å². The fraction of sp³-hybridized carbons (Fsp3) is 0.686. The van der Waals surface area contributed by atoms with Crippen LogP contribution in [0.2, 0.25) is 0 Å². The van der Waals surface area contributed by atoms with Gasteiger partial charge in [0.05, 0.1) is 6.04 Å². The molecule has 3 fully saturated rings. The second kappa shape index (κ2) is 16.2.